The van der Waals surface area contributed by atoms with Crippen LogP contribution in [0.25, 0.3) is 0 Å². The van der Waals surface area contributed by atoms with Crippen LogP contribution in [0.4, 0.5) is 5.00 Å². The number of hydrogen-bond donors (Lipinski definition) is 2. The van der Waals surface area contributed by atoms with Crippen molar-refractivity contribution in [3.63, 3.8) is 0 Å². The number of aliphatic imine (C=N–C) groups is 1. The van der Waals surface area contributed by atoms with Crippen molar-refractivity contribution in [1.29, 1.82) is 0 Å². The first-order chi connectivity index (χ1) is 13.2. The van der Waals surface area contributed by atoms with Gasteiger partial charge in [0.1, 0.15) is 0 Å². The number of thiophene rings is 1. The average molecular weight is 391 g/mol. The Morgan fingerprint density at radius 1 is 1.41 bits per heavy atom. The lowest BCUT2D eigenvalue weighted by Gasteiger charge is -2.33. The van der Waals surface area contributed by atoms with Crippen molar-refractivity contribution in [3.8, 4) is 0 Å². The smallest absolute Gasteiger partial charge is 0.226 e. The SMILES string of the molecule is CN=C(NCCCc1nc(C(C)C)no1)NC1CCN(c2cccs2)CC1. The number of nitrogens with zero attached hydrogens (tertiary/aromatic N) is 4. The van der Waals surface area contributed by atoms with Crippen LogP contribution in [0, 0.1) is 0 Å². The quantitative estimate of drug-likeness (QED) is 0.430. The summed E-state index contributed by atoms with van der Waals surface area (Å²) in [6.45, 7) is 7.13. The highest BCUT2D eigenvalue weighted by molar-refractivity contribution is 7.14. The zero-order valence-corrected chi connectivity index (χ0v) is 17.3. The Hall–Kier alpha value is -2.09. The molecular weight excluding hydrogens is 360 g/mol. The first-order valence-corrected chi connectivity index (χ1v) is 10.6. The molecule has 148 valence electrons. The van der Waals surface area contributed by atoms with E-state index in [4.69, 9.17) is 4.52 Å². The Bertz CT molecular complexity index is 704. The van der Waals surface area contributed by atoms with Gasteiger partial charge in [-0.05, 0) is 36.8 Å². The summed E-state index contributed by atoms with van der Waals surface area (Å²) in [6, 6.07) is 4.79. The molecule has 1 aliphatic rings. The zero-order chi connectivity index (χ0) is 19.1. The van der Waals surface area contributed by atoms with Crippen LogP contribution in [0.1, 0.15) is 50.7 Å². The van der Waals surface area contributed by atoms with E-state index in [1.54, 1.807) is 0 Å². The van der Waals surface area contributed by atoms with Crippen LogP contribution >= 0.6 is 11.3 Å². The lowest BCUT2D eigenvalue weighted by molar-refractivity contribution is 0.368. The monoisotopic (exact) mass is 390 g/mol. The molecule has 7 nitrogen and oxygen atoms in total. The standard InChI is InChI=1S/C19H30N6OS/c1-14(2)18-23-16(26-24-18)6-4-10-21-19(20-3)22-15-8-11-25(12-9-15)17-7-5-13-27-17/h5,7,13-15H,4,6,8-12H2,1-3H3,(H2,20,21,22). The van der Waals surface area contributed by atoms with E-state index in [9.17, 15) is 0 Å². The summed E-state index contributed by atoms with van der Waals surface area (Å²) in [6.07, 6.45) is 3.96. The van der Waals surface area contributed by atoms with Gasteiger partial charge in [-0.2, -0.15) is 4.98 Å². The van der Waals surface area contributed by atoms with Gasteiger partial charge in [0.2, 0.25) is 5.89 Å². The van der Waals surface area contributed by atoms with Gasteiger partial charge in [0, 0.05) is 45.1 Å². The minimum atomic E-state index is 0.301. The summed E-state index contributed by atoms with van der Waals surface area (Å²) in [5, 5.41) is 14.5. The highest BCUT2D eigenvalue weighted by Crippen LogP contribution is 2.24. The number of guanidine groups is 1. The van der Waals surface area contributed by atoms with Crippen LogP contribution in [0.3, 0.4) is 0 Å². The van der Waals surface area contributed by atoms with E-state index in [0.29, 0.717) is 17.9 Å². The third-order valence-electron chi connectivity index (χ3n) is 4.74. The Morgan fingerprint density at radius 3 is 2.85 bits per heavy atom. The van der Waals surface area contributed by atoms with E-state index in [0.717, 1.165) is 57.1 Å². The van der Waals surface area contributed by atoms with Gasteiger partial charge in [-0.1, -0.05) is 19.0 Å². The molecule has 2 aromatic heterocycles. The summed E-state index contributed by atoms with van der Waals surface area (Å²) in [7, 11) is 1.82. The Kier molecular flexibility index (Phi) is 7.09. The zero-order valence-electron chi connectivity index (χ0n) is 16.4. The fourth-order valence-corrected chi connectivity index (χ4v) is 3.92. The molecule has 0 bridgehead atoms. The topological polar surface area (TPSA) is 78.6 Å². The van der Waals surface area contributed by atoms with Crippen molar-refractivity contribution < 1.29 is 4.52 Å². The molecule has 2 aromatic rings. The van der Waals surface area contributed by atoms with E-state index >= 15 is 0 Å². The molecule has 1 saturated heterocycles. The molecular formula is C19H30N6OS. The molecule has 0 atom stereocenters. The maximum atomic E-state index is 5.28. The highest BCUT2D eigenvalue weighted by atomic mass is 32.1. The minimum absolute atomic E-state index is 0.301. The number of aromatic nitrogens is 2. The maximum Gasteiger partial charge on any atom is 0.226 e. The molecule has 0 radical (unpaired) electrons. The molecule has 3 rings (SSSR count). The Balaban J connectivity index is 1.34. The van der Waals surface area contributed by atoms with Gasteiger partial charge >= 0.3 is 0 Å². The predicted molar refractivity (Wildman–Crippen MR) is 111 cm³/mol. The highest BCUT2D eigenvalue weighted by Gasteiger charge is 2.20. The summed E-state index contributed by atoms with van der Waals surface area (Å²) < 4.78 is 5.28. The van der Waals surface area contributed by atoms with E-state index in [1.165, 1.54) is 5.00 Å². The summed E-state index contributed by atoms with van der Waals surface area (Å²) in [5.41, 5.74) is 0. The maximum absolute atomic E-state index is 5.28. The fraction of sp³-hybridized carbons (Fsp3) is 0.632. The molecule has 0 aliphatic carbocycles. The van der Waals surface area contributed by atoms with Crippen molar-refractivity contribution in [2.75, 3.05) is 31.6 Å². The number of nitrogens with one attached hydrogen (secondary N) is 2. The molecule has 2 N–H and O–H groups in total. The van der Waals surface area contributed by atoms with Gasteiger partial charge in [-0.3, -0.25) is 4.99 Å². The number of rotatable bonds is 7. The molecule has 1 fully saturated rings. The molecule has 0 amide bonds. The molecule has 0 aromatic carbocycles. The van der Waals surface area contributed by atoms with Crippen LogP contribution in [0.5, 0.6) is 0 Å². The van der Waals surface area contributed by atoms with Gasteiger partial charge in [0.15, 0.2) is 11.8 Å². The van der Waals surface area contributed by atoms with Gasteiger partial charge in [-0.25, -0.2) is 0 Å². The van der Waals surface area contributed by atoms with Gasteiger partial charge in [0.05, 0.1) is 5.00 Å². The van der Waals surface area contributed by atoms with Crippen molar-refractivity contribution in [2.45, 2.75) is 51.5 Å². The third kappa shape index (κ3) is 5.69. The average Bonchev–Trinajstić information content (AvgIpc) is 3.36. The van der Waals surface area contributed by atoms with Crippen molar-refractivity contribution in [1.82, 2.24) is 20.8 Å². The lowest BCUT2D eigenvalue weighted by Crippen LogP contribution is -2.48. The summed E-state index contributed by atoms with van der Waals surface area (Å²) >= 11 is 1.82. The van der Waals surface area contributed by atoms with Crippen LogP contribution in [0.15, 0.2) is 27.0 Å². The molecule has 8 heteroatoms. The normalized spacial score (nSPS) is 16.1. The van der Waals surface area contributed by atoms with E-state index < -0.39 is 0 Å². The van der Waals surface area contributed by atoms with Crippen molar-refractivity contribution in [2.24, 2.45) is 4.99 Å². The predicted octanol–water partition coefficient (Wildman–Crippen LogP) is 3.02. The number of piperidine rings is 1. The molecule has 27 heavy (non-hydrogen) atoms. The molecule has 0 unspecified atom stereocenters. The Morgan fingerprint density at radius 2 is 2.22 bits per heavy atom. The number of anilines is 1. The van der Waals surface area contributed by atoms with Gasteiger partial charge in [0.25, 0.3) is 0 Å². The number of aryl methyl sites for hydroxylation is 1. The number of hydrogen-bond acceptors (Lipinski definition) is 6. The van der Waals surface area contributed by atoms with Crippen LogP contribution in [0.2, 0.25) is 0 Å². The van der Waals surface area contributed by atoms with E-state index in [-0.39, 0.29) is 0 Å². The van der Waals surface area contributed by atoms with Gasteiger partial charge < -0.3 is 20.1 Å². The summed E-state index contributed by atoms with van der Waals surface area (Å²) in [4.78, 5) is 11.2. The van der Waals surface area contributed by atoms with Crippen LogP contribution in [-0.2, 0) is 6.42 Å². The van der Waals surface area contributed by atoms with E-state index in [2.05, 4.69) is 62.0 Å². The minimum Gasteiger partial charge on any atom is -0.363 e. The lowest BCUT2D eigenvalue weighted by atomic mass is 10.1. The van der Waals surface area contributed by atoms with Crippen LogP contribution in [-0.4, -0.2) is 48.8 Å². The fourth-order valence-electron chi connectivity index (χ4n) is 3.13. The molecule has 0 spiro atoms. The molecule has 3 heterocycles. The second-order valence-electron chi connectivity index (χ2n) is 7.16. The second-order valence-corrected chi connectivity index (χ2v) is 8.09. The van der Waals surface area contributed by atoms with Crippen molar-refractivity contribution >= 4 is 22.3 Å². The first kappa shape index (κ1) is 19.7. The van der Waals surface area contributed by atoms with Gasteiger partial charge in [-0.15, -0.1) is 11.3 Å². The first-order valence-electron chi connectivity index (χ1n) is 9.74. The summed E-state index contributed by atoms with van der Waals surface area (Å²) in [5.74, 6) is 2.67. The third-order valence-corrected chi connectivity index (χ3v) is 5.67. The molecule has 1 aliphatic heterocycles. The van der Waals surface area contributed by atoms with Crippen molar-refractivity contribution in [3.05, 3.63) is 29.2 Å². The molecule has 0 saturated carbocycles. The second kappa shape index (κ2) is 9.73. The van der Waals surface area contributed by atoms with E-state index in [1.807, 2.05) is 18.4 Å². The largest absolute Gasteiger partial charge is 0.363 e. The Labute approximate surface area is 165 Å². The van der Waals surface area contributed by atoms with Crippen LogP contribution < -0.4 is 15.5 Å².